The van der Waals surface area contributed by atoms with Gasteiger partial charge in [-0.15, -0.1) is 10.2 Å². The number of aromatic nitrogens is 4. The third-order valence-corrected chi connectivity index (χ3v) is 6.00. The van der Waals surface area contributed by atoms with E-state index in [2.05, 4.69) is 27.3 Å². The normalized spacial score (nSPS) is 13.7. The summed E-state index contributed by atoms with van der Waals surface area (Å²) in [7, 11) is 0. The number of carboxylic acid groups (broad SMARTS) is 1. The Morgan fingerprint density at radius 3 is 2.47 bits per heavy atom. The van der Waals surface area contributed by atoms with Crippen molar-refractivity contribution in [2.75, 3.05) is 0 Å². The number of tetrazole rings is 1. The van der Waals surface area contributed by atoms with Gasteiger partial charge in [0.15, 0.2) is 0 Å². The molecule has 0 saturated heterocycles. The Morgan fingerprint density at radius 1 is 1.03 bits per heavy atom. The van der Waals surface area contributed by atoms with Crippen LogP contribution in [-0.2, 0) is 23.2 Å². The number of nitrogens with zero attached hydrogens (tertiary/aromatic N) is 4. The molecule has 1 heterocycles. The van der Waals surface area contributed by atoms with E-state index in [9.17, 15) is 14.3 Å². The predicted molar refractivity (Wildman–Crippen MR) is 124 cm³/mol. The summed E-state index contributed by atoms with van der Waals surface area (Å²) in [5.41, 5.74) is 3.70. The molecule has 1 aliphatic rings. The maximum absolute atomic E-state index is 13.0. The molecule has 1 aromatic heterocycles. The Kier molecular flexibility index (Phi) is 5.64. The lowest BCUT2D eigenvalue weighted by Crippen LogP contribution is -2.19. The highest BCUT2D eigenvalue weighted by Crippen LogP contribution is 2.48. The second-order valence-electron chi connectivity index (χ2n) is 8.41. The standard InChI is InChI=1S/C27H21FN4O2/c28-24-13-9-19(10-14-24)3-1-4-20-5-2-6-22(17-20)25-29-31-32(30-25)18-21-7-11-23(12-8-21)27(15-16-27)26(33)34/h2,5-14,17H,3,15-16,18H2,(H,33,34). The van der Waals surface area contributed by atoms with Gasteiger partial charge in [-0.05, 0) is 59.0 Å². The number of aliphatic carboxylic acids is 1. The average Bonchev–Trinajstić information content (AvgIpc) is 3.54. The molecular weight excluding hydrogens is 431 g/mol. The fourth-order valence-electron chi connectivity index (χ4n) is 3.86. The number of rotatable bonds is 6. The SMILES string of the molecule is O=C(O)C1(c2ccc(Cn3nnc(-c4cccc(C#CCc5ccc(F)cc5)c4)n3)cc2)CC1. The van der Waals surface area contributed by atoms with E-state index >= 15 is 0 Å². The van der Waals surface area contributed by atoms with Gasteiger partial charge in [-0.1, -0.05) is 60.4 Å². The topological polar surface area (TPSA) is 80.9 Å². The molecule has 0 bridgehead atoms. The van der Waals surface area contributed by atoms with E-state index in [4.69, 9.17) is 0 Å². The zero-order valence-corrected chi connectivity index (χ0v) is 18.3. The van der Waals surface area contributed by atoms with E-state index in [-0.39, 0.29) is 5.82 Å². The minimum atomic E-state index is -0.759. The van der Waals surface area contributed by atoms with Crippen LogP contribution in [0.3, 0.4) is 0 Å². The van der Waals surface area contributed by atoms with Crippen molar-refractivity contribution in [1.29, 1.82) is 0 Å². The van der Waals surface area contributed by atoms with Crippen LogP contribution in [0.15, 0.2) is 72.8 Å². The predicted octanol–water partition coefficient (Wildman–Crippen LogP) is 4.24. The summed E-state index contributed by atoms with van der Waals surface area (Å²) < 4.78 is 13.0. The summed E-state index contributed by atoms with van der Waals surface area (Å²) >= 11 is 0. The van der Waals surface area contributed by atoms with Gasteiger partial charge in [0.05, 0.1) is 12.0 Å². The van der Waals surface area contributed by atoms with Gasteiger partial charge < -0.3 is 5.11 Å². The molecule has 3 aromatic carbocycles. The molecule has 0 spiro atoms. The van der Waals surface area contributed by atoms with Crippen LogP contribution in [-0.4, -0.2) is 31.3 Å². The Morgan fingerprint density at radius 2 is 1.76 bits per heavy atom. The summed E-state index contributed by atoms with van der Waals surface area (Å²) in [4.78, 5) is 13.0. The fourth-order valence-corrected chi connectivity index (χ4v) is 3.86. The monoisotopic (exact) mass is 452 g/mol. The van der Waals surface area contributed by atoms with Gasteiger partial charge >= 0.3 is 5.97 Å². The van der Waals surface area contributed by atoms with Gasteiger partial charge in [0.25, 0.3) is 0 Å². The molecule has 0 aliphatic heterocycles. The molecule has 0 amide bonds. The van der Waals surface area contributed by atoms with E-state index in [1.165, 1.54) is 16.9 Å². The first kappa shape index (κ1) is 21.5. The molecule has 5 rings (SSSR count). The lowest BCUT2D eigenvalue weighted by Gasteiger charge is -2.10. The highest BCUT2D eigenvalue weighted by molar-refractivity contribution is 5.84. The lowest BCUT2D eigenvalue weighted by molar-refractivity contribution is -0.140. The van der Waals surface area contributed by atoms with Crippen LogP contribution in [0.5, 0.6) is 0 Å². The first-order chi connectivity index (χ1) is 16.5. The maximum atomic E-state index is 13.0. The molecule has 4 aromatic rings. The Hall–Kier alpha value is -4.31. The zero-order valence-electron chi connectivity index (χ0n) is 18.3. The van der Waals surface area contributed by atoms with E-state index in [1.807, 2.05) is 48.5 Å². The summed E-state index contributed by atoms with van der Waals surface area (Å²) in [6, 6.07) is 21.5. The van der Waals surface area contributed by atoms with Crippen molar-refractivity contribution in [3.05, 3.63) is 101 Å². The quantitative estimate of drug-likeness (QED) is 0.443. The molecule has 34 heavy (non-hydrogen) atoms. The third-order valence-electron chi connectivity index (χ3n) is 6.00. The highest BCUT2D eigenvalue weighted by atomic mass is 19.1. The highest BCUT2D eigenvalue weighted by Gasteiger charge is 2.51. The lowest BCUT2D eigenvalue weighted by atomic mass is 9.95. The first-order valence-corrected chi connectivity index (χ1v) is 11.0. The van der Waals surface area contributed by atoms with Crippen molar-refractivity contribution in [1.82, 2.24) is 20.2 Å². The average molecular weight is 452 g/mol. The molecule has 1 saturated carbocycles. The van der Waals surface area contributed by atoms with Crippen LogP contribution < -0.4 is 0 Å². The van der Waals surface area contributed by atoms with Gasteiger partial charge in [-0.25, -0.2) is 4.39 Å². The molecule has 6 nitrogen and oxygen atoms in total. The van der Waals surface area contributed by atoms with Crippen LogP contribution in [0.25, 0.3) is 11.4 Å². The Bertz CT molecular complexity index is 1400. The van der Waals surface area contributed by atoms with Gasteiger partial charge in [0.1, 0.15) is 5.82 Å². The van der Waals surface area contributed by atoms with E-state index < -0.39 is 11.4 Å². The Labute approximate surface area is 196 Å². The second kappa shape index (κ2) is 8.91. The van der Waals surface area contributed by atoms with Crippen LogP contribution in [0, 0.1) is 17.7 Å². The van der Waals surface area contributed by atoms with Crippen molar-refractivity contribution >= 4 is 5.97 Å². The summed E-state index contributed by atoms with van der Waals surface area (Å²) in [5, 5.41) is 22.3. The summed E-state index contributed by atoms with van der Waals surface area (Å²) in [5.74, 6) is 5.72. The molecule has 1 N–H and O–H groups in total. The number of halogens is 1. The van der Waals surface area contributed by atoms with Crippen molar-refractivity contribution in [3.63, 3.8) is 0 Å². The maximum Gasteiger partial charge on any atom is 0.314 e. The second-order valence-corrected chi connectivity index (χ2v) is 8.41. The first-order valence-electron chi connectivity index (χ1n) is 11.0. The van der Waals surface area contributed by atoms with Gasteiger partial charge in [-0.2, -0.15) is 4.80 Å². The van der Waals surface area contributed by atoms with Gasteiger partial charge in [0, 0.05) is 17.5 Å². The molecule has 0 radical (unpaired) electrons. The molecular formula is C27H21FN4O2. The number of hydrogen-bond acceptors (Lipinski definition) is 4. The minimum absolute atomic E-state index is 0.258. The number of benzene rings is 3. The van der Waals surface area contributed by atoms with Crippen molar-refractivity contribution < 1.29 is 14.3 Å². The van der Waals surface area contributed by atoms with Gasteiger partial charge in [-0.3, -0.25) is 4.79 Å². The third kappa shape index (κ3) is 4.57. The van der Waals surface area contributed by atoms with Crippen molar-refractivity contribution in [3.8, 4) is 23.2 Å². The molecule has 0 atom stereocenters. The van der Waals surface area contributed by atoms with E-state index in [0.29, 0.717) is 31.6 Å². The molecule has 7 heteroatoms. The van der Waals surface area contributed by atoms with Gasteiger partial charge in [0.2, 0.25) is 5.82 Å². The molecule has 1 aliphatic carbocycles. The van der Waals surface area contributed by atoms with Crippen molar-refractivity contribution in [2.45, 2.75) is 31.2 Å². The minimum Gasteiger partial charge on any atom is -0.481 e. The largest absolute Gasteiger partial charge is 0.481 e. The van der Waals surface area contributed by atoms with Crippen LogP contribution in [0.4, 0.5) is 4.39 Å². The molecule has 168 valence electrons. The van der Waals surface area contributed by atoms with Crippen LogP contribution in [0.2, 0.25) is 0 Å². The summed E-state index contributed by atoms with van der Waals surface area (Å²) in [6.45, 7) is 0.435. The smallest absolute Gasteiger partial charge is 0.314 e. The van der Waals surface area contributed by atoms with Crippen LogP contribution >= 0.6 is 0 Å². The van der Waals surface area contributed by atoms with E-state index in [0.717, 1.165) is 27.8 Å². The molecule has 1 fully saturated rings. The fraction of sp³-hybridized carbons (Fsp3) is 0.185. The van der Waals surface area contributed by atoms with E-state index in [1.54, 1.807) is 12.1 Å². The number of carboxylic acids is 1. The van der Waals surface area contributed by atoms with Crippen molar-refractivity contribution in [2.24, 2.45) is 0 Å². The van der Waals surface area contributed by atoms with Crippen LogP contribution in [0.1, 0.15) is 35.1 Å². The molecule has 0 unspecified atom stereocenters. The summed E-state index contributed by atoms with van der Waals surface area (Å²) in [6.07, 6.45) is 1.90. The number of hydrogen-bond donors (Lipinski definition) is 1. The number of carbonyl (C=O) groups is 1. The Balaban J connectivity index is 1.25. The zero-order chi connectivity index (χ0) is 23.5.